The van der Waals surface area contributed by atoms with Crippen LogP contribution in [0.2, 0.25) is 5.02 Å². The first-order valence-electron chi connectivity index (χ1n) is 4.83. The summed E-state index contributed by atoms with van der Waals surface area (Å²) in [5, 5.41) is 0.344. The van der Waals surface area contributed by atoms with E-state index in [9.17, 15) is 4.39 Å². The number of benzene rings is 1. The van der Waals surface area contributed by atoms with Crippen LogP contribution in [0.4, 0.5) is 4.39 Å². The molecule has 1 aromatic carbocycles. The molecule has 2 N–H and O–H groups in total. The predicted octanol–water partition coefficient (Wildman–Crippen LogP) is 2.69. The summed E-state index contributed by atoms with van der Waals surface area (Å²) in [5.74, 6) is -0.361. The Hall–Kier alpha value is -0.640. The summed E-state index contributed by atoms with van der Waals surface area (Å²) in [5.41, 5.74) is 5.72. The first-order valence-corrected chi connectivity index (χ1v) is 5.21. The lowest BCUT2D eigenvalue weighted by Crippen LogP contribution is -2.35. The molecule has 0 bridgehead atoms. The molecule has 84 valence electrons. The molecule has 0 aromatic heterocycles. The summed E-state index contributed by atoms with van der Waals surface area (Å²) in [6, 6.07) is 4.23. The molecule has 0 aliphatic carbocycles. The lowest BCUT2D eigenvalue weighted by atomic mass is 9.95. The van der Waals surface area contributed by atoms with E-state index >= 15 is 0 Å². The molecule has 0 radical (unpaired) electrons. The Morgan fingerprint density at radius 3 is 2.67 bits per heavy atom. The van der Waals surface area contributed by atoms with E-state index in [0.717, 1.165) is 5.56 Å². The maximum atomic E-state index is 12.9. The number of hydrogen-bond acceptors (Lipinski definition) is 2. The molecular formula is C11H15ClFNO. The Morgan fingerprint density at radius 1 is 1.53 bits per heavy atom. The molecule has 1 atom stereocenters. The van der Waals surface area contributed by atoms with Gasteiger partial charge in [0.2, 0.25) is 0 Å². The van der Waals surface area contributed by atoms with Crippen molar-refractivity contribution in [3.05, 3.63) is 34.6 Å². The van der Waals surface area contributed by atoms with Crippen molar-refractivity contribution in [1.82, 2.24) is 0 Å². The third-order valence-electron chi connectivity index (χ3n) is 2.35. The molecule has 0 fully saturated rings. The fourth-order valence-corrected chi connectivity index (χ4v) is 1.85. The van der Waals surface area contributed by atoms with Gasteiger partial charge in [0.15, 0.2) is 0 Å². The summed E-state index contributed by atoms with van der Waals surface area (Å²) in [6.07, 6.45) is 0. The number of halogens is 2. The Kier molecular flexibility index (Phi) is 4.08. The molecule has 0 amide bonds. The monoisotopic (exact) mass is 231 g/mol. The van der Waals surface area contributed by atoms with Crippen LogP contribution < -0.4 is 5.73 Å². The highest BCUT2D eigenvalue weighted by Gasteiger charge is 2.27. The zero-order valence-electron chi connectivity index (χ0n) is 8.89. The van der Waals surface area contributed by atoms with Gasteiger partial charge in [0.1, 0.15) is 11.4 Å². The lowest BCUT2D eigenvalue weighted by molar-refractivity contribution is -0.0219. The summed E-state index contributed by atoms with van der Waals surface area (Å²) in [4.78, 5) is 0. The van der Waals surface area contributed by atoms with E-state index in [0.29, 0.717) is 18.2 Å². The third-order valence-corrected chi connectivity index (χ3v) is 2.67. The van der Waals surface area contributed by atoms with Gasteiger partial charge in [-0.05, 0) is 26.0 Å². The first kappa shape index (κ1) is 12.4. The molecule has 1 aromatic rings. The molecule has 0 aliphatic rings. The molecule has 0 heterocycles. The van der Waals surface area contributed by atoms with E-state index < -0.39 is 5.60 Å². The maximum absolute atomic E-state index is 12.9. The first-order chi connectivity index (χ1) is 7.03. The van der Waals surface area contributed by atoms with Crippen molar-refractivity contribution in [2.45, 2.75) is 19.4 Å². The molecular weight excluding hydrogens is 217 g/mol. The highest BCUT2D eigenvalue weighted by molar-refractivity contribution is 6.31. The van der Waals surface area contributed by atoms with Crippen molar-refractivity contribution < 1.29 is 9.13 Å². The smallest absolute Gasteiger partial charge is 0.124 e. The second kappa shape index (κ2) is 4.92. The quantitative estimate of drug-likeness (QED) is 0.865. The van der Waals surface area contributed by atoms with Crippen molar-refractivity contribution in [3.63, 3.8) is 0 Å². The van der Waals surface area contributed by atoms with E-state index in [1.54, 1.807) is 6.07 Å². The van der Waals surface area contributed by atoms with Gasteiger partial charge in [0.05, 0.1) is 0 Å². The van der Waals surface area contributed by atoms with Crippen LogP contribution in [-0.4, -0.2) is 13.2 Å². The standard InChI is InChI=1S/C11H15ClFNO/c1-3-15-11(2,7-14)9-5-4-8(13)6-10(9)12/h4-6H,3,7,14H2,1-2H3. The average molecular weight is 232 g/mol. The van der Waals surface area contributed by atoms with Gasteiger partial charge in [-0.15, -0.1) is 0 Å². The summed E-state index contributed by atoms with van der Waals surface area (Å²) in [6.45, 7) is 4.55. The molecule has 4 heteroatoms. The van der Waals surface area contributed by atoms with E-state index in [-0.39, 0.29) is 5.82 Å². The van der Waals surface area contributed by atoms with Crippen LogP contribution in [0.3, 0.4) is 0 Å². The average Bonchev–Trinajstić information content (AvgIpc) is 2.17. The SMILES string of the molecule is CCOC(C)(CN)c1ccc(F)cc1Cl. The minimum atomic E-state index is -0.653. The minimum absolute atomic E-state index is 0.298. The van der Waals surface area contributed by atoms with E-state index in [1.165, 1.54) is 12.1 Å². The summed E-state index contributed by atoms with van der Waals surface area (Å²) < 4.78 is 18.4. The molecule has 0 saturated carbocycles. The molecule has 1 unspecified atom stereocenters. The van der Waals surface area contributed by atoms with Gasteiger partial charge in [-0.25, -0.2) is 4.39 Å². The zero-order chi connectivity index (χ0) is 11.5. The molecule has 1 rings (SSSR count). The van der Waals surface area contributed by atoms with Crippen molar-refractivity contribution in [2.75, 3.05) is 13.2 Å². The molecule has 0 spiro atoms. The van der Waals surface area contributed by atoms with Gasteiger partial charge in [0, 0.05) is 23.7 Å². The highest BCUT2D eigenvalue weighted by Crippen LogP contribution is 2.30. The number of ether oxygens (including phenoxy) is 1. The van der Waals surface area contributed by atoms with E-state index in [2.05, 4.69) is 0 Å². The lowest BCUT2D eigenvalue weighted by Gasteiger charge is -2.29. The zero-order valence-corrected chi connectivity index (χ0v) is 9.64. The Balaban J connectivity index is 3.12. The highest BCUT2D eigenvalue weighted by atomic mass is 35.5. The number of nitrogens with two attached hydrogens (primary N) is 1. The van der Waals surface area contributed by atoms with Crippen LogP contribution in [-0.2, 0) is 10.3 Å². The van der Waals surface area contributed by atoms with Crippen molar-refractivity contribution >= 4 is 11.6 Å². The fraction of sp³-hybridized carbons (Fsp3) is 0.455. The van der Waals surface area contributed by atoms with Gasteiger partial charge < -0.3 is 10.5 Å². The van der Waals surface area contributed by atoms with Gasteiger partial charge in [-0.3, -0.25) is 0 Å². The second-order valence-electron chi connectivity index (χ2n) is 3.49. The molecule has 0 saturated heterocycles. The summed E-state index contributed by atoms with van der Waals surface area (Å²) >= 11 is 5.95. The summed E-state index contributed by atoms with van der Waals surface area (Å²) in [7, 11) is 0. The Labute approximate surface area is 94.2 Å². The largest absolute Gasteiger partial charge is 0.369 e. The van der Waals surface area contributed by atoms with Crippen LogP contribution >= 0.6 is 11.6 Å². The molecule has 15 heavy (non-hydrogen) atoms. The van der Waals surface area contributed by atoms with Crippen molar-refractivity contribution in [2.24, 2.45) is 5.73 Å². The van der Waals surface area contributed by atoms with Gasteiger partial charge in [-0.2, -0.15) is 0 Å². The van der Waals surface area contributed by atoms with Gasteiger partial charge in [-0.1, -0.05) is 17.7 Å². The molecule has 0 aliphatic heterocycles. The Morgan fingerprint density at radius 2 is 2.20 bits per heavy atom. The maximum Gasteiger partial charge on any atom is 0.124 e. The predicted molar refractivity (Wildman–Crippen MR) is 59.4 cm³/mol. The fourth-order valence-electron chi connectivity index (χ4n) is 1.48. The van der Waals surface area contributed by atoms with Crippen LogP contribution in [0.1, 0.15) is 19.4 Å². The normalized spacial score (nSPS) is 15.0. The number of rotatable bonds is 4. The third kappa shape index (κ3) is 2.68. The van der Waals surface area contributed by atoms with E-state index in [4.69, 9.17) is 22.1 Å². The van der Waals surface area contributed by atoms with Crippen LogP contribution in [0.15, 0.2) is 18.2 Å². The van der Waals surface area contributed by atoms with Crippen LogP contribution in [0.5, 0.6) is 0 Å². The van der Waals surface area contributed by atoms with Crippen molar-refractivity contribution in [1.29, 1.82) is 0 Å². The Bertz CT molecular complexity index is 345. The topological polar surface area (TPSA) is 35.2 Å². The van der Waals surface area contributed by atoms with Gasteiger partial charge in [0.25, 0.3) is 0 Å². The van der Waals surface area contributed by atoms with Crippen molar-refractivity contribution in [3.8, 4) is 0 Å². The number of hydrogen-bond donors (Lipinski definition) is 1. The van der Waals surface area contributed by atoms with Crippen LogP contribution in [0, 0.1) is 5.82 Å². The second-order valence-corrected chi connectivity index (χ2v) is 3.90. The van der Waals surface area contributed by atoms with E-state index in [1.807, 2.05) is 13.8 Å². The molecule has 2 nitrogen and oxygen atoms in total. The minimum Gasteiger partial charge on any atom is -0.369 e. The van der Waals surface area contributed by atoms with Gasteiger partial charge >= 0.3 is 0 Å². The van der Waals surface area contributed by atoms with Crippen LogP contribution in [0.25, 0.3) is 0 Å².